The Morgan fingerprint density at radius 2 is 1.17 bits per heavy atom. The van der Waals surface area contributed by atoms with Gasteiger partial charge >= 0.3 is 17.9 Å². The monoisotopic (exact) mass is 560 g/mol. The second-order valence-electron chi connectivity index (χ2n) is 10.0. The van der Waals surface area contributed by atoms with Crippen molar-refractivity contribution in [3.63, 3.8) is 0 Å². The van der Waals surface area contributed by atoms with Gasteiger partial charge in [-0.2, -0.15) is 0 Å². The summed E-state index contributed by atoms with van der Waals surface area (Å²) in [7, 11) is 0. The highest BCUT2D eigenvalue weighted by molar-refractivity contribution is 5.92. The van der Waals surface area contributed by atoms with Gasteiger partial charge in [-0.25, -0.2) is 14.4 Å². The van der Waals surface area contributed by atoms with Crippen molar-refractivity contribution in [3.05, 3.63) is 83.9 Å². The molecule has 218 valence electrons. The van der Waals surface area contributed by atoms with Crippen molar-refractivity contribution in [2.45, 2.75) is 78.4 Å². The zero-order valence-electron chi connectivity index (χ0n) is 24.4. The lowest BCUT2D eigenvalue weighted by atomic mass is 10.0. The molecule has 3 aromatic rings. The molecule has 0 radical (unpaired) electrons. The minimum atomic E-state index is -0.630. The van der Waals surface area contributed by atoms with Crippen molar-refractivity contribution >= 4 is 17.9 Å². The molecular formula is C34H40O7. The first-order valence-electron chi connectivity index (χ1n) is 14.4. The molecule has 0 aliphatic rings. The van der Waals surface area contributed by atoms with Crippen molar-refractivity contribution in [1.29, 1.82) is 0 Å². The topological polar surface area (TPSA) is 88.1 Å². The van der Waals surface area contributed by atoms with E-state index in [1.165, 1.54) is 12.8 Å². The quantitative estimate of drug-likeness (QED) is 0.106. The van der Waals surface area contributed by atoms with Gasteiger partial charge in [0.1, 0.15) is 11.5 Å². The predicted octanol–water partition coefficient (Wildman–Crippen LogP) is 7.81. The van der Waals surface area contributed by atoms with Gasteiger partial charge in [0.25, 0.3) is 0 Å². The number of hydrogen-bond donors (Lipinski definition) is 0. The van der Waals surface area contributed by atoms with Gasteiger partial charge < -0.3 is 18.9 Å². The molecule has 0 N–H and O–H groups in total. The molecule has 0 bridgehead atoms. The van der Waals surface area contributed by atoms with Crippen molar-refractivity contribution in [3.8, 4) is 22.6 Å². The van der Waals surface area contributed by atoms with Gasteiger partial charge in [-0.05, 0) is 92.8 Å². The second-order valence-corrected chi connectivity index (χ2v) is 10.0. The van der Waals surface area contributed by atoms with Crippen LogP contribution in [-0.4, -0.2) is 36.7 Å². The summed E-state index contributed by atoms with van der Waals surface area (Å²) >= 11 is 0. The summed E-state index contributed by atoms with van der Waals surface area (Å²) in [6.07, 6.45) is 5.43. The van der Waals surface area contributed by atoms with Crippen LogP contribution in [0, 0.1) is 0 Å². The first kappa shape index (κ1) is 31.6. The fraction of sp³-hybridized carbons (Fsp3) is 0.382. The van der Waals surface area contributed by atoms with Gasteiger partial charge in [-0.1, -0.05) is 57.4 Å². The van der Waals surface area contributed by atoms with E-state index in [0.717, 1.165) is 36.8 Å². The Bertz CT molecular complexity index is 1250. The molecule has 0 unspecified atom stereocenters. The van der Waals surface area contributed by atoms with Gasteiger partial charge in [0.15, 0.2) is 6.10 Å². The molecule has 3 aromatic carbocycles. The van der Waals surface area contributed by atoms with Crippen molar-refractivity contribution < 1.29 is 33.3 Å². The summed E-state index contributed by atoms with van der Waals surface area (Å²) in [5, 5.41) is 0. The lowest BCUT2D eigenvalue weighted by Crippen LogP contribution is -2.26. The van der Waals surface area contributed by atoms with Crippen LogP contribution in [0.15, 0.2) is 72.8 Å². The van der Waals surface area contributed by atoms with Crippen LogP contribution in [0.2, 0.25) is 0 Å². The van der Waals surface area contributed by atoms with E-state index in [1.54, 1.807) is 55.5 Å². The minimum Gasteiger partial charge on any atom is -0.459 e. The summed E-state index contributed by atoms with van der Waals surface area (Å²) in [4.78, 5) is 37.2. The third-order valence-electron chi connectivity index (χ3n) is 6.50. The summed E-state index contributed by atoms with van der Waals surface area (Å²) in [6.45, 7) is 8.21. The Morgan fingerprint density at radius 1 is 0.634 bits per heavy atom. The largest absolute Gasteiger partial charge is 0.459 e. The Balaban J connectivity index is 1.51. The molecule has 0 spiro atoms. The summed E-state index contributed by atoms with van der Waals surface area (Å²) in [6, 6.07) is 20.5. The third kappa shape index (κ3) is 10.2. The number of benzene rings is 3. The van der Waals surface area contributed by atoms with E-state index in [2.05, 4.69) is 6.92 Å². The maximum absolute atomic E-state index is 12.7. The highest BCUT2D eigenvalue weighted by Gasteiger charge is 2.16. The molecule has 0 saturated carbocycles. The van der Waals surface area contributed by atoms with Crippen molar-refractivity contribution in [2.75, 3.05) is 6.61 Å². The van der Waals surface area contributed by atoms with E-state index >= 15 is 0 Å². The Hall–Kier alpha value is -3.97. The molecule has 2 atom stereocenters. The first-order valence-corrected chi connectivity index (χ1v) is 14.4. The van der Waals surface area contributed by atoms with Gasteiger partial charge in [0, 0.05) is 6.61 Å². The first-order chi connectivity index (χ1) is 19.8. The Morgan fingerprint density at radius 3 is 1.78 bits per heavy atom. The fourth-order valence-electron chi connectivity index (χ4n) is 4.07. The van der Waals surface area contributed by atoms with Crippen molar-refractivity contribution in [2.24, 2.45) is 0 Å². The zero-order chi connectivity index (χ0) is 29.6. The van der Waals surface area contributed by atoms with E-state index in [-0.39, 0.29) is 12.1 Å². The highest BCUT2D eigenvalue weighted by atomic mass is 16.6. The minimum absolute atomic E-state index is 0.144. The summed E-state index contributed by atoms with van der Waals surface area (Å²) in [5.74, 6) is -0.561. The van der Waals surface area contributed by atoms with Gasteiger partial charge in [-0.15, -0.1) is 0 Å². The highest BCUT2D eigenvalue weighted by Crippen LogP contribution is 2.24. The molecule has 7 nitrogen and oxygen atoms in total. The van der Waals surface area contributed by atoms with Crippen LogP contribution in [0.1, 0.15) is 86.9 Å². The molecule has 41 heavy (non-hydrogen) atoms. The van der Waals surface area contributed by atoms with Gasteiger partial charge in [0.05, 0.1) is 17.2 Å². The van der Waals surface area contributed by atoms with Crippen LogP contribution >= 0.6 is 0 Å². The fourth-order valence-corrected chi connectivity index (χ4v) is 4.07. The smallest absolute Gasteiger partial charge is 0.343 e. The Labute approximate surface area is 242 Å². The Kier molecular flexibility index (Phi) is 12.6. The van der Waals surface area contributed by atoms with E-state index in [9.17, 15) is 14.4 Å². The lowest BCUT2D eigenvalue weighted by Gasteiger charge is -2.13. The van der Waals surface area contributed by atoms with Crippen LogP contribution in [0.3, 0.4) is 0 Å². The third-order valence-corrected chi connectivity index (χ3v) is 6.50. The van der Waals surface area contributed by atoms with Crippen LogP contribution < -0.4 is 9.47 Å². The number of esters is 3. The van der Waals surface area contributed by atoms with E-state index in [1.807, 2.05) is 38.1 Å². The predicted molar refractivity (Wildman–Crippen MR) is 158 cm³/mol. The molecular weight excluding hydrogens is 520 g/mol. The average Bonchev–Trinajstić information content (AvgIpc) is 2.98. The molecule has 3 rings (SSSR count). The molecule has 7 heteroatoms. The van der Waals surface area contributed by atoms with Crippen LogP contribution in [-0.2, 0) is 14.3 Å². The van der Waals surface area contributed by atoms with Gasteiger partial charge in [0.2, 0.25) is 0 Å². The standard InChI is InChI=1S/C34H40O7/c1-5-7-8-9-10-24(3)39-33(36)29-17-21-31(22-18-29)41-34(37)28-13-11-26(12-14-28)27-15-19-30(20-16-27)40-32(35)25(4)38-23-6-2/h11-22,24-25H,5-10,23H2,1-4H3/t24-,25+/m1/s1. The van der Waals surface area contributed by atoms with Crippen LogP contribution in [0.5, 0.6) is 11.5 Å². The summed E-state index contributed by atoms with van der Waals surface area (Å²) in [5.41, 5.74) is 2.59. The molecule has 0 heterocycles. The van der Waals surface area contributed by atoms with Crippen LogP contribution in [0.25, 0.3) is 11.1 Å². The molecule has 0 aromatic heterocycles. The summed E-state index contributed by atoms with van der Waals surface area (Å²) < 4.78 is 21.8. The maximum atomic E-state index is 12.7. The van der Waals surface area contributed by atoms with Crippen molar-refractivity contribution in [1.82, 2.24) is 0 Å². The molecule has 0 saturated heterocycles. The number of ether oxygens (including phenoxy) is 4. The SMILES string of the molecule is CCCCCC[C@@H](C)OC(=O)c1ccc(OC(=O)c2ccc(-c3ccc(OC(=O)[C@H](C)OCCC)cc3)cc2)cc1. The van der Waals surface area contributed by atoms with E-state index in [0.29, 0.717) is 29.2 Å². The number of rotatable bonds is 15. The molecule has 0 amide bonds. The number of unbranched alkanes of at least 4 members (excludes halogenated alkanes) is 3. The lowest BCUT2D eigenvalue weighted by molar-refractivity contribution is -0.146. The molecule has 0 fully saturated rings. The normalized spacial score (nSPS) is 12.3. The van der Waals surface area contributed by atoms with Crippen LogP contribution in [0.4, 0.5) is 0 Å². The zero-order valence-corrected chi connectivity index (χ0v) is 24.4. The number of carbonyl (C=O) groups is 3. The van der Waals surface area contributed by atoms with E-state index in [4.69, 9.17) is 18.9 Å². The number of hydrogen-bond acceptors (Lipinski definition) is 7. The molecule has 0 aliphatic carbocycles. The maximum Gasteiger partial charge on any atom is 0.343 e. The second kappa shape index (κ2) is 16.3. The molecule has 0 aliphatic heterocycles. The number of carbonyl (C=O) groups excluding carboxylic acids is 3. The van der Waals surface area contributed by atoms with Gasteiger partial charge in [-0.3, -0.25) is 0 Å². The average molecular weight is 561 g/mol. The van der Waals surface area contributed by atoms with E-state index < -0.39 is 18.0 Å².